The van der Waals surface area contributed by atoms with Crippen molar-refractivity contribution in [3.05, 3.63) is 35.9 Å². The molecular weight excluding hydrogens is 258 g/mol. The summed E-state index contributed by atoms with van der Waals surface area (Å²) in [5.74, 6) is -1.76. The van der Waals surface area contributed by atoms with E-state index in [0.717, 1.165) is 5.56 Å². The van der Waals surface area contributed by atoms with E-state index in [4.69, 9.17) is 4.74 Å². The van der Waals surface area contributed by atoms with Crippen LogP contribution in [0.4, 0.5) is 4.79 Å². The molecule has 0 spiro atoms. The van der Waals surface area contributed by atoms with Crippen LogP contribution in [-0.4, -0.2) is 23.7 Å². The maximum Gasteiger partial charge on any atom is 0.408 e. The Balaban J connectivity index is 2.80. The lowest BCUT2D eigenvalue weighted by molar-refractivity contribution is -0.308. The third-order valence-corrected chi connectivity index (χ3v) is 2.75. The van der Waals surface area contributed by atoms with Gasteiger partial charge in [-0.05, 0) is 26.3 Å². The van der Waals surface area contributed by atoms with Crippen LogP contribution in [0.2, 0.25) is 0 Å². The first-order chi connectivity index (χ1) is 9.20. The Morgan fingerprint density at radius 3 is 2.20 bits per heavy atom. The lowest BCUT2D eigenvalue weighted by Crippen LogP contribution is -2.51. The number of alkyl carbamates (subject to hydrolysis) is 1. The van der Waals surface area contributed by atoms with Crippen molar-refractivity contribution in [1.29, 1.82) is 0 Å². The maximum atomic E-state index is 11.7. The number of carboxylic acids is 1. The second-order valence-electron chi connectivity index (χ2n) is 5.64. The normalized spacial score (nSPS) is 14.2. The smallest absolute Gasteiger partial charge is 0.408 e. The molecule has 1 aromatic carbocycles. The van der Waals surface area contributed by atoms with Gasteiger partial charge in [0.25, 0.3) is 0 Å². The molecule has 0 heterocycles. The molecule has 0 aromatic heterocycles. The van der Waals surface area contributed by atoms with Crippen LogP contribution in [0.15, 0.2) is 30.3 Å². The monoisotopic (exact) mass is 278 g/mol. The highest BCUT2D eigenvalue weighted by Gasteiger charge is 2.25. The van der Waals surface area contributed by atoms with Gasteiger partial charge < -0.3 is 20.0 Å². The fourth-order valence-electron chi connectivity index (χ4n) is 1.77. The van der Waals surface area contributed by atoms with Crippen LogP contribution in [0, 0.1) is 0 Å². The van der Waals surface area contributed by atoms with E-state index in [9.17, 15) is 14.7 Å². The molecule has 1 amide bonds. The number of aliphatic carboxylic acids is 1. The minimum atomic E-state index is -1.34. The predicted octanol–water partition coefficient (Wildman–Crippen LogP) is 1.43. The van der Waals surface area contributed by atoms with E-state index < -0.39 is 29.6 Å². The summed E-state index contributed by atoms with van der Waals surface area (Å²) in [6.07, 6.45) is -0.769. The number of hydrogen-bond acceptors (Lipinski definition) is 4. The molecule has 0 aliphatic rings. The topological polar surface area (TPSA) is 78.5 Å². The summed E-state index contributed by atoms with van der Waals surface area (Å²) in [7, 11) is 0. The van der Waals surface area contributed by atoms with Crippen LogP contribution in [0.25, 0.3) is 0 Å². The van der Waals surface area contributed by atoms with Gasteiger partial charge in [-0.2, -0.15) is 0 Å². The Bertz CT molecular complexity index is 465. The van der Waals surface area contributed by atoms with E-state index in [1.165, 1.54) is 0 Å². The van der Waals surface area contributed by atoms with Crippen molar-refractivity contribution >= 4 is 12.1 Å². The van der Waals surface area contributed by atoms with E-state index in [0.29, 0.717) is 0 Å². The van der Waals surface area contributed by atoms with Gasteiger partial charge in [-0.1, -0.05) is 37.3 Å². The standard InChI is InChI=1S/C15H21NO4/c1-10(11-8-6-5-7-9-11)12(13(17)18)16-14(19)20-15(2,3)4/h5-10,12H,1-4H3,(H,16,19)(H,17,18)/p-1/t10-,12+/m1/s1. The molecule has 5 heteroatoms. The first-order valence-electron chi connectivity index (χ1n) is 6.46. The summed E-state index contributed by atoms with van der Waals surface area (Å²) in [5, 5.41) is 13.6. The predicted molar refractivity (Wildman–Crippen MR) is 73.0 cm³/mol. The zero-order chi connectivity index (χ0) is 15.3. The van der Waals surface area contributed by atoms with Crippen LogP contribution in [0.3, 0.4) is 0 Å². The van der Waals surface area contributed by atoms with Crippen molar-refractivity contribution in [2.75, 3.05) is 0 Å². The Morgan fingerprint density at radius 1 is 1.20 bits per heavy atom. The van der Waals surface area contributed by atoms with Gasteiger partial charge in [0.15, 0.2) is 0 Å². The third kappa shape index (κ3) is 4.91. The van der Waals surface area contributed by atoms with Crippen molar-refractivity contribution in [3.63, 3.8) is 0 Å². The molecule has 1 N–H and O–H groups in total. The van der Waals surface area contributed by atoms with Crippen LogP contribution in [0.1, 0.15) is 39.2 Å². The number of ether oxygens (including phenoxy) is 1. The number of carbonyl (C=O) groups excluding carboxylic acids is 2. The minimum Gasteiger partial charge on any atom is -0.548 e. The number of carboxylic acid groups (broad SMARTS) is 1. The quantitative estimate of drug-likeness (QED) is 0.903. The van der Waals surface area contributed by atoms with E-state index in [1.807, 2.05) is 18.2 Å². The zero-order valence-electron chi connectivity index (χ0n) is 12.2. The van der Waals surface area contributed by atoms with Gasteiger partial charge in [0.05, 0.1) is 12.0 Å². The number of hydrogen-bond donors (Lipinski definition) is 1. The van der Waals surface area contributed by atoms with E-state index >= 15 is 0 Å². The molecular formula is C15H20NO4-. The fraction of sp³-hybridized carbons (Fsp3) is 0.467. The highest BCUT2D eigenvalue weighted by Crippen LogP contribution is 2.19. The second kappa shape index (κ2) is 6.41. The molecule has 1 rings (SSSR count). The molecule has 0 aliphatic heterocycles. The Labute approximate surface area is 118 Å². The summed E-state index contributed by atoms with van der Waals surface area (Å²) in [4.78, 5) is 22.9. The summed E-state index contributed by atoms with van der Waals surface area (Å²) in [5.41, 5.74) is 0.120. The molecule has 110 valence electrons. The molecule has 0 saturated carbocycles. The molecule has 0 fully saturated rings. The second-order valence-corrected chi connectivity index (χ2v) is 5.64. The van der Waals surface area contributed by atoms with Gasteiger partial charge in [-0.3, -0.25) is 0 Å². The molecule has 1 aromatic rings. The summed E-state index contributed by atoms with van der Waals surface area (Å²) < 4.78 is 5.06. The third-order valence-electron chi connectivity index (χ3n) is 2.75. The lowest BCUT2D eigenvalue weighted by Gasteiger charge is -2.28. The van der Waals surface area contributed by atoms with Gasteiger partial charge in [0.1, 0.15) is 5.60 Å². The van der Waals surface area contributed by atoms with Crippen molar-refractivity contribution in [1.82, 2.24) is 5.32 Å². The summed E-state index contributed by atoms with van der Waals surface area (Å²) in [6, 6.07) is 7.92. The number of carbonyl (C=O) groups is 2. The summed E-state index contributed by atoms with van der Waals surface area (Å²) in [6.45, 7) is 6.84. The van der Waals surface area contributed by atoms with Gasteiger partial charge in [-0.15, -0.1) is 0 Å². The maximum absolute atomic E-state index is 11.7. The van der Waals surface area contributed by atoms with Crippen LogP contribution in [0.5, 0.6) is 0 Å². The Morgan fingerprint density at radius 2 is 1.75 bits per heavy atom. The number of rotatable bonds is 4. The first kappa shape index (κ1) is 16.0. The van der Waals surface area contributed by atoms with Gasteiger partial charge in [0.2, 0.25) is 0 Å². The Kier molecular flexibility index (Phi) is 5.13. The van der Waals surface area contributed by atoms with Crippen molar-refractivity contribution < 1.29 is 19.4 Å². The molecule has 0 aliphatic carbocycles. The molecule has 2 atom stereocenters. The van der Waals surface area contributed by atoms with Gasteiger partial charge >= 0.3 is 6.09 Å². The average molecular weight is 278 g/mol. The number of amides is 1. The van der Waals surface area contributed by atoms with Gasteiger partial charge in [0, 0.05) is 5.92 Å². The molecule has 5 nitrogen and oxygen atoms in total. The Hall–Kier alpha value is -2.04. The molecule has 0 unspecified atom stereocenters. The summed E-state index contributed by atoms with van der Waals surface area (Å²) >= 11 is 0. The molecule has 0 bridgehead atoms. The van der Waals surface area contributed by atoms with Crippen LogP contribution < -0.4 is 10.4 Å². The highest BCUT2D eigenvalue weighted by atomic mass is 16.6. The molecule has 0 radical (unpaired) electrons. The fourth-order valence-corrected chi connectivity index (χ4v) is 1.77. The largest absolute Gasteiger partial charge is 0.548 e. The minimum absolute atomic E-state index is 0.422. The van der Waals surface area contributed by atoms with Gasteiger partial charge in [-0.25, -0.2) is 4.79 Å². The van der Waals surface area contributed by atoms with Crippen molar-refractivity contribution in [2.45, 2.75) is 45.3 Å². The van der Waals surface area contributed by atoms with Crippen molar-refractivity contribution in [2.24, 2.45) is 0 Å². The number of nitrogens with one attached hydrogen (secondary N) is 1. The zero-order valence-corrected chi connectivity index (χ0v) is 12.2. The molecule has 20 heavy (non-hydrogen) atoms. The number of benzene rings is 1. The van der Waals surface area contributed by atoms with Crippen LogP contribution >= 0.6 is 0 Å². The SMILES string of the molecule is C[C@H](c1ccccc1)[C@H](NC(=O)OC(C)(C)C)C(=O)[O-]. The molecule has 0 saturated heterocycles. The van der Waals surface area contributed by atoms with E-state index in [1.54, 1.807) is 39.8 Å². The van der Waals surface area contributed by atoms with Crippen LogP contribution in [-0.2, 0) is 9.53 Å². The highest BCUT2D eigenvalue weighted by molar-refractivity contribution is 5.79. The van der Waals surface area contributed by atoms with E-state index in [-0.39, 0.29) is 0 Å². The first-order valence-corrected chi connectivity index (χ1v) is 6.46. The van der Waals surface area contributed by atoms with E-state index in [2.05, 4.69) is 5.32 Å². The average Bonchev–Trinajstić information content (AvgIpc) is 2.34. The lowest BCUT2D eigenvalue weighted by atomic mass is 9.93. The van der Waals surface area contributed by atoms with Crippen molar-refractivity contribution in [3.8, 4) is 0 Å².